The van der Waals surface area contributed by atoms with Crippen LogP contribution in [0.1, 0.15) is 33.6 Å². The number of nitrogen functional groups attached to an aromatic ring is 1. The van der Waals surface area contributed by atoms with E-state index in [0.29, 0.717) is 22.6 Å². The maximum atomic E-state index is 13.0. The number of nitrogens with two attached hydrogens (primary N) is 1. The van der Waals surface area contributed by atoms with Gasteiger partial charge in [-0.2, -0.15) is 0 Å². The normalized spacial score (nSPS) is 18.2. The number of fused-ring (bicyclic) bond motifs is 1. The minimum atomic E-state index is -1.01. The average molecular weight is 495 g/mol. The Bertz CT molecular complexity index is 1330. The molecule has 11 heteroatoms. The average Bonchev–Trinajstić information content (AvgIpc) is 3.34. The van der Waals surface area contributed by atoms with E-state index < -0.39 is 29.7 Å². The Morgan fingerprint density at radius 2 is 1.78 bits per heavy atom. The molecule has 0 aliphatic carbocycles. The summed E-state index contributed by atoms with van der Waals surface area (Å²) < 4.78 is 2.31. The molecule has 10 nitrogen and oxygen atoms in total. The molecule has 0 saturated carbocycles. The van der Waals surface area contributed by atoms with Gasteiger partial charge >= 0.3 is 0 Å². The summed E-state index contributed by atoms with van der Waals surface area (Å²) in [6, 6.07) is 9.08. The standard InChI is InChI=1S/C21H15BrN6O4/c22-10-1-4-15(23)14(7-10)16-9-27(26-25-16)11-2-3-12-13(8-11)21(32)28(20(12)31)17-5-6-18(29)24-19(17)30/h1-4,7-9,17H,5-6,23H2,(H,24,29,30). The van der Waals surface area contributed by atoms with Gasteiger partial charge in [0, 0.05) is 22.1 Å². The first-order chi connectivity index (χ1) is 15.3. The second-order valence-electron chi connectivity index (χ2n) is 7.46. The summed E-state index contributed by atoms with van der Waals surface area (Å²) in [5, 5.41) is 10.5. The molecule has 3 heterocycles. The second kappa shape index (κ2) is 7.38. The number of hydrogen-bond acceptors (Lipinski definition) is 7. The molecule has 3 aromatic rings. The van der Waals surface area contributed by atoms with Gasteiger partial charge in [0.15, 0.2) is 0 Å². The van der Waals surface area contributed by atoms with Crippen molar-refractivity contribution >= 4 is 45.2 Å². The van der Waals surface area contributed by atoms with Crippen LogP contribution in [-0.4, -0.2) is 49.6 Å². The minimum Gasteiger partial charge on any atom is -0.398 e. The Morgan fingerprint density at radius 3 is 2.56 bits per heavy atom. The second-order valence-corrected chi connectivity index (χ2v) is 8.37. The van der Waals surface area contributed by atoms with E-state index in [0.717, 1.165) is 9.37 Å². The molecule has 32 heavy (non-hydrogen) atoms. The van der Waals surface area contributed by atoms with Gasteiger partial charge < -0.3 is 5.73 Å². The molecule has 0 radical (unpaired) electrons. The molecule has 1 saturated heterocycles. The lowest BCUT2D eigenvalue weighted by atomic mass is 10.0. The number of nitrogens with one attached hydrogen (secondary N) is 1. The molecule has 2 aliphatic rings. The lowest BCUT2D eigenvalue weighted by Gasteiger charge is -2.27. The third-order valence-electron chi connectivity index (χ3n) is 5.47. The Kier molecular flexibility index (Phi) is 4.63. The van der Waals surface area contributed by atoms with Crippen LogP contribution in [0.15, 0.2) is 47.1 Å². The Hall–Kier alpha value is -3.86. The van der Waals surface area contributed by atoms with Crippen molar-refractivity contribution in [3.8, 4) is 16.9 Å². The number of nitrogens with zero attached hydrogens (tertiary/aromatic N) is 4. The lowest BCUT2D eigenvalue weighted by molar-refractivity contribution is -0.136. The third-order valence-corrected chi connectivity index (χ3v) is 5.97. The number of halogens is 1. The zero-order valence-corrected chi connectivity index (χ0v) is 18.0. The van der Waals surface area contributed by atoms with Crippen molar-refractivity contribution < 1.29 is 19.2 Å². The van der Waals surface area contributed by atoms with Crippen LogP contribution >= 0.6 is 15.9 Å². The first-order valence-electron chi connectivity index (χ1n) is 9.67. The maximum absolute atomic E-state index is 13.0. The third kappa shape index (κ3) is 3.17. The Labute approximate surface area is 189 Å². The monoisotopic (exact) mass is 494 g/mol. The molecule has 1 fully saturated rings. The Morgan fingerprint density at radius 1 is 1.00 bits per heavy atom. The number of hydrogen-bond donors (Lipinski definition) is 2. The lowest BCUT2D eigenvalue weighted by Crippen LogP contribution is -2.54. The molecule has 1 unspecified atom stereocenters. The van der Waals surface area contributed by atoms with Crippen LogP contribution in [0.25, 0.3) is 16.9 Å². The smallest absolute Gasteiger partial charge is 0.262 e. The van der Waals surface area contributed by atoms with Crippen LogP contribution in [0.3, 0.4) is 0 Å². The summed E-state index contributed by atoms with van der Waals surface area (Å²) in [5.41, 5.74) is 8.69. The molecular formula is C21H15BrN6O4. The zero-order chi connectivity index (χ0) is 22.6. The molecule has 0 spiro atoms. The highest BCUT2D eigenvalue weighted by Crippen LogP contribution is 2.31. The van der Waals surface area contributed by atoms with Crippen molar-refractivity contribution in [2.75, 3.05) is 5.73 Å². The van der Waals surface area contributed by atoms with Gasteiger partial charge in [0.2, 0.25) is 11.8 Å². The van der Waals surface area contributed by atoms with Crippen LogP contribution in [0.4, 0.5) is 5.69 Å². The van der Waals surface area contributed by atoms with Crippen molar-refractivity contribution in [3.05, 3.63) is 58.2 Å². The maximum Gasteiger partial charge on any atom is 0.262 e. The molecule has 4 amide bonds. The number of carbonyl (C=O) groups is 4. The number of carbonyl (C=O) groups excluding carboxylic acids is 4. The fraction of sp³-hybridized carbons (Fsp3) is 0.143. The molecular weight excluding hydrogens is 480 g/mol. The van der Waals surface area contributed by atoms with Crippen molar-refractivity contribution in [2.45, 2.75) is 18.9 Å². The van der Waals surface area contributed by atoms with E-state index in [1.807, 2.05) is 12.1 Å². The van der Waals surface area contributed by atoms with Crippen LogP contribution in [0, 0.1) is 0 Å². The topological polar surface area (TPSA) is 140 Å². The number of imide groups is 2. The van der Waals surface area contributed by atoms with E-state index in [1.54, 1.807) is 18.3 Å². The summed E-state index contributed by atoms with van der Waals surface area (Å²) in [6.45, 7) is 0. The summed E-state index contributed by atoms with van der Waals surface area (Å²) in [6.07, 6.45) is 1.83. The van der Waals surface area contributed by atoms with Gasteiger partial charge in [-0.1, -0.05) is 21.1 Å². The molecule has 0 bridgehead atoms. The highest BCUT2D eigenvalue weighted by atomic mass is 79.9. The summed E-state index contributed by atoms with van der Waals surface area (Å²) >= 11 is 3.41. The molecule has 3 N–H and O–H groups in total. The number of piperidine rings is 1. The van der Waals surface area contributed by atoms with Gasteiger partial charge in [-0.05, 0) is 42.8 Å². The van der Waals surface area contributed by atoms with Gasteiger partial charge in [0.25, 0.3) is 11.8 Å². The van der Waals surface area contributed by atoms with Crippen molar-refractivity contribution in [2.24, 2.45) is 0 Å². The molecule has 160 valence electrons. The number of amides is 4. The van der Waals surface area contributed by atoms with Gasteiger partial charge in [-0.3, -0.25) is 29.4 Å². The van der Waals surface area contributed by atoms with Crippen LogP contribution < -0.4 is 11.1 Å². The highest BCUT2D eigenvalue weighted by molar-refractivity contribution is 9.10. The number of benzene rings is 2. The molecule has 2 aromatic carbocycles. The number of aromatic nitrogens is 3. The minimum absolute atomic E-state index is 0.0650. The molecule has 2 aliphatic heterocycles. The van der Waals surface area contributed by atoms with E-state index in [9.17, 15) is 19.2 Å². The summed E-state index contributed by atoms with van der Waals surface area (Å²) in [5.74, 6) is -2.22. The van der Waals surface area contributed by atoms with Gasteiger partial charge in [0.05, 0.1) is 23.0 Å². The predicted molar refractivity (Wildman–Crippen MR) is 116 cm³/mol. The largest absolute Gasteiger partial charge is 0.398 e. The Balaban J connectivity index is 1.47. The SMILES string of the molecule is Nc1ccc(Br)cc1-c1cn(-c2ccc3c(c2)C(=O)N(C2CCC(=O)NC2=O)C3=O)nn1. The molecule has 5 rings (SSSR count). The highest BCUT2D eigenvalue weighted by Gasteiger charge is 2.44. The number of rotatable bonds is 3. The summed E-state index contributed by atoms with van der Waals surface area (Å²) in [4.78, 5) is 50.4. The van der Waals surface area contributed by atoms with E-state index in [-0.39, 0.29) is 24.0 Å². The van der Waals surface area contributed by atoms with Gasteiger partial charge in [0.1, 0.15) is 11.7 Å². The first kappa shape index (κ1) is 20.1. The van der Waals surface area contributed by atoms with Crippen molar-refractivity contribution in [1.29, 1.82) is 0 Å². The van der Waals surface area contributed by atoms with Crippen LogP contribution in [-0.2, 0) is 9.59 Å². The molecule has 1 atom stereocenters. The summed E-state index contributed by atoms with van der Waals surface area (Å²) in [7, 11) is 0. The van der Waals surface area contributed by atoms with Crippen LogP contribution in [0.2, 0.25) is 0 Å². The predicted octanol–water partition coefficient (Wildman–Crippen LogP) is 1.68. The number of anilines is 1. The van der Waals surface area contributed by atoms with Crippen LogP contribution in [0.5, 0.6) is 0 Å². The fourth-order valence-electron chi connectivity index (χ4n) is 3.87. The molecule has 1 aromatic heterocycles. The van der Waals surface area contributed by atoms with Crippen molar-refractivity contribution in [3.63, 3.8) is 0 Å². The van der Waals surface area contributed by atoms with Gasteiger partial charge in [-0.25, -0.2) is 4.68 Å². The van der Waals surface area contributed by atoms with E-state index in [4.69, 9.17) is 5.73 Å². The first-order valence-corrected chi connectivity index (χ1v) is 10.5. The van der Waals surface area contributed by atoms with Gasteiger partial charge in [-0.15, -0.1) is 5.10 Å². The van der Waals surface area contributed by atoms with Crippen molar-refractivity contribution in [1.82, 2.24) is 25.2 Å². The van der Waals surface area contributed by atoms with E-state index in [2.05, 4.69) is 31.6 Å². The zero-order valence-electron chi connectivity index (χ0n) is 16.4. The fourth-order valence-corrected chi connectivity index (χ4v) is 4.23. The quantitative estimate of drug-likeness (QED) is 0.416. The van der Waals surface area contributed by atoms with E-state index >= 15 is 0 Å². The van der Waals surface area contributed by atoms with E-state index in [1.165, 1.54) is 16.8 Å².